The summed E-state index contributed by atoms with van der Waals surface area (Å²) in [5.41, 5.74) is -2.65. The van der Waals surface area contributed by atoms with Gasteiger partial charge in [0.2, 0.25) is 17.1 Å². The molecular weight excluding hydrogens is 452 g/mol. The van der Waals surface area contributed by atoms with E-state index in [1.807, 2.05) is 18.2 Å². The Morgan fingerprint density at radius 2 is 1.58 bits per heavy atom. The van der Waals surface area contributed by atoms with Gasteiger partial charge in [0.1, 0.15) is 11.9 Å². The standard InChI is InChI=1S/C29H30N4O3/c1-3-4-5-6-10-17-34-24-15-13-22(14-16-24)25-27(18-30,19-31)28(20-32)21(2)29(35-25,36-26(28)33)23-11-8-7-9-12-23/h7-9,11-16,21,25,33H,3-6,10,17H2,1-2H3. The Hall–Kier alpha value is -3.86. The maximum absolute atomic E-state index is 10.4. The van der Waals surface area contributed by atoms with Crippen molar-refractivity contribution in [3.8, 4) is 24.0 Å². The van der Waals surface area contributed by atoms with Gasteiger partial charge >= 0.3 is 0 Å². The minimum Gasteiger partial charge on any atom is -0.494 e. The Balaban J connectivity index is 1.70. The predicted octanol–water partition coefficient (Wildman–Crippen LogP) is 6.15. The largest absolute Gasteiger partial charge is 0.494 e. The highest BCUT2D eigenvalue weighted by Gasteiger charge is 2.79. The maximum Gasteiger partial charge on any atom is 0.244 e. The summed E-state index contributed by atoms with van der Waals surface area (Å²) < 4.78 is 18.4. The van der Waals surface area contributed by atoms with Gasteiger partial charge in [-0.25, -0.2) is 0 Å². The first-order valence-electron chi connectivity index (χ1n) is 12.4. The van der Waals surface area contributed by atoms with Gasteiger partial charge in [-0.15, -0.1) is 0 Å². The number of hydrogen-bond acceptors (Lipinski definition) is 7. The molecule has 2 fully saturated rings. The Kier molecular flexibility index (Phi) is 7.02. The fourth-order valence-electron chi connectivity index (χ4n) is 5.47. The third-order valence-electron chi connectivity index (χ3n) is 7.54. The van der Waals surface area contributed by atoms with Crippen LogP contribution >= 0.6 is 0 Å². The van der Waals surface area contributed by atoms with E-state index in [1.165, 1.54) is 19.3 Å². The molecule has 36 heavy (non-hydrogen) atoms. The lowest BCUT2D eigenvalue weighted by Crippen LogP contribution is -2.57. The molecule has 0 saturated carbocycles. The van der Waals surface area contributed by atoms with Crippen LogP contribution in [0.1, 0.15) is 63.2 Å². The third-order valence-corrected chi connectivity index (χ3v) is 7.54. The first-order chi connectivity index (χ1) is 17.5. The van der Waals surface area contributed by atoms with E-state index in [0.29, 0.717) is 23.5 Å². The molecule has 7 heteroatoms. The highest BCUT2D eigenvalue weighted by atomic mass is 16.7. The van der Waals surface area contributed by atoms with Gasteiger partial charge in [0, 0.05) is 5.56 Å². The molecule has 0 spiro atoms. The molecule has 2 heterocycles. The van der Waals surface area contributed by atoms with Crippen LogP contribution in [-0.2, 0) is 15.3 Å². The van der Waals surface area contributed by atoms with Crippen molar-refractivity contribution in [1.29, 1.82) is 21.2 Å². The van der Waals surface area contributed by atoms with E-state index < -0.39 is 34.5 Å². The predicted molar refractivity (Wildman–Crippen MR) is 132 cm³/mol. The normalized spacial score (nSPS) is 27.8. The smallest absolute Gasteiger partial charge is 0.244 e. The zero-order chi connectivity index (χ0) is 25.8. The highest BCUT2D eigenvalue weighted by molar-refractivity contribution is 5.89. The van der Waals surface area contributed by atoms with Crippen molar-refractivity contribution in [1.82, 2.24) is 0 Å². The van der Waals surface area contributed by atoms with Gasteiger partial charge in [0.15, 0.2) is 5.41 Å². The van der Waals surface area contributed by atoms with E-state index in [2.05, 4.69) is 25.1 Å². The molecule has 0 aromatic heterocycles. The number of ether oxygens (including phenoxy) is 3. The van der Waals surface area contributed by atoms with Crippen LogP contribution < -0.4 is 4.74 Å². The van der Waals surface area contributed by atoms with Gasteiger partial charge in [0.25, 0.3) is 0 Å². The monoisotopic (exact) mass is 482 g/mol. The highest BCUT2D eigenvalue weighted by Crippen LogP contribution is 2.68. The fourth-order valence-corrected chi connectivity index (χ4v) is 5.47. The molecule has 1 N–H and O–H groups in total. The molecule has 2 aliphatic heterocycles. The molecule has 2 bridgehead atoms. The van der Waals surface area contributed by atoms with Crippen molar-refractivity contribution in [2.24, 2.45) is 16.7 Å². The fraction of sp³-hybridized carbons (Fsp3) is 0.448. The van der Waals surface area contributed by atoms with Gasteiger partial charge in [-0.3, -0.25) is 5.41 Å². The van der Waals surface area contributed by atoms with Gasteiger partial charge in [0.05, 0.1) is 30.7 Å². The summed E-state index contributed by atoms with van der Waals surface area (Å²) in [5, 5.41) is 39.8. The zero-order valence-corrected chi connectivity index (χ0v) is 20.7. The van der Waals surface area contributed by atoms with E-state index >= 15 is 0 Å². The van der Waals surface area contributed by atoms with E-state index in [-0.39, 0.29) is 0 Å². The summed E-state index contributed by atoms with van der Waals surface area (Å²) in [6.45, 7) is 4.50. The van der Waals surface area contributed by atoms with Crippen molar-refractivity contribution in [2.45, 2.75) is 57.8 Å². The van der Waals surface area contributed by atoms with Crippen molar-refractivity contribution in [3.63, 3.8) is 0 Å². The second-order valence-electron chi connectivity index (χ2n) is 9.47. The molecule has 4 unspecified atom stereocenters. The average molecular weight is 483 g/mol. The number of nitrogens with zero attached hydrogens (tertiary/aromatic N) is 3. The molecule has 4 atom stereocenters. The van der Waals surface area contributed by atoms with Crippen molar-refractivity contribution in [3.05, 3.63) is 65.7 Å². The first kappa shape index (κ1) is 25.2. The topological polar surface area (TPSA) is 123 Å². The minimum absolute atomic E-state index is 0.421. The van der Waals surface area contributed by atoms with Crippen LogP contribution in [0.4, 0.5) is 0 Å². The number of rotatable bonds is 9. The lowest BCUT2D eigenvalue weighted by atomic mass is 9.53. The Labute approximate surface area is 212 Å². The maximum atomic E-state index is 10.4. The molecule has 184 valence electrons. The van der Waals surface area contributed by atoms with E-state index in [4.69, 9.17) is 19.6 Å². The number of unbranched alkanes of at least 4 members (excludes halogenated alkanes) is 4. The van der Waals surface area contributed by atoms with Gasteiger partial charge < -0.3 is 14.2 Å². The number of nitrogens with one attached hydrogen (secondary N) is 1. The second-order valence-corrected chi connectivity index (χ2v) is 9.47. The SMILES string of the molecule is CCCCCCCOc1ccc(C2OC3(c4ccccc4)OC(=N)C(C#N)(C3C)C2(C#N)C#N)cc1. The van der Waals surface area contributed by atoms with E-state index in [0.717, 1.165) is 12.8 Å². The van der Waals surface area contributed by atoms with Crippen LogP contribution in [0.2, 0.25) is 0 Å². The number of fused-ring (bicyclic) bond motifs is 2. The molecule has 2 saturated heterocycles. The summed E-state index contributed by atoms with van der Waals surface area (Å²) in [6.07, 6.45) is 4.58. The zero-order valence-electron chi connectivity index (χ0n) is 20.7. The third kappa shape index (κ3) is 3.62. The van der Waals surface area contributed by atoms with Crippen LogP contribution in [0.15, 0.2) is 54.6 Å². The summed E-state index contributed by atoms with van der Waals surface area (Å²) in [7, 11) is 0. The lowest BCUT2D eigenvalue weighted by molar-refractivity contribution is -0.288. The van der Waals surface area contributed by atoms with Crippen LogP contribution in [0.5, 0.6) is 5.75 Å². The Morgan fingerprint density at radius 1 is 0.917 bits per heavy atom. The molecule has 4 rings (SSSR count). The van der Waals surface area contributed by atoms with Gasteiger partial charge in [-0.05, 0) is 24.1 Å². The van der Waals surface area contributed by atoms with Crippen molar-refractivity contribution >= 4 is 5.90 Å². The number of nitriles is 3. The molecule has 0 aliphatic carbocycles. The quantitative estimate of drug-likeness (QED) is 0.428. The molecular formula is C29H30N4O3. The molecule has 7 nitrogen and oxygen atoms in total. The summed E-state index contributed by atoms with van der Waals surface area (Å²) in [4.78, 5) is 0. The van der Waals surface area contributed by atoms with Crippen LogP contribution in [-0.4, -0.2) is 12.5 Å². The summed E-state index contributed by atoms with van der Waals surface area (Å²) in [6, 6.07) is 22.5. The Bertz CT molecular complexity index is 1210. The number of benzene rings is 2. The van der Waals surface area contributed by atoms with Gasteiger partial charge in [-0.1, -0.05) is 82.0 Å². The molecule has 0 radical (unpaired) electrons. The van der Waals surface area contributed by atoms with Crippen molar-refractivity contribution in [2.75, 3.05) is 6.61 Å². The van der Waals surface area contributed by atoms with Crippen molar-refractivity contribution < 1.29 is 14.2 Å². The molecule has 0 amide bonds. The second kappa shape index (κ2) is 10.0. The van der Waals surface area contributed by atoms with Crippen LogP contribution in [0, 0.1) is 56.2 Å². The van der Waals surface area contributed by atoms with E-state index in [1.54, 1.807) is 43.3 Å². The lowest BCUT2D eigenvalue weighted by Gasteiger charge is -2.48. The first-order valence-corrected chi connectivity index (χ1v) is 12.4. The average Bonchev–Trinajstić information content (AvgIpc) is 3.08. The summed E-state index contributed by atoms with van der Waals surface area (Å²) in [5.74, 6) is -2.01. The molecule has 2 aromatic rings. The summed E-state index contributed by atoms with van der Waals surface area (Å²) >= 11 is 0. The van der Waals surface area contributed by atoms with Crippen LogP contribution in [0.25, 0.3) is 0 Å². The van der Waals surface area contributed by atoms with E-state index in [9.17, 15) is 15.8 Å². The molecule has 2 aliphatic rings. The minimum atomic E-state index is -1.99. The number of hydrogen-bond donors (Lipinski definition) is 1. The molecule has 2 aromatic carbocycles. The Morgan fingerprint density at radius 3 is 2.19 bits per heavy atom. The van der Waals surface area contributed by atoms with Crippen LogP contribution in [0.3, 0.4) is 0 Å². The van der Waals surface area contributed by atoms with Gasteiger partial charge in [-0.2, -0.15) is 15.8 Å².